The quantitative estimate of drug-likeness (QED) is 0.145. The van der Waals surface area contributed by atoms with Gasteiger partial charge in [-0.3, -0.25) is 4.98 Å². The second-order valence-electron chi connectivity index (χ2n) is 14.6. The van der Waals surface area contributed by atoms with Gasteiger partial charge in [0.2, 0.25) is 0 Å². The van der Waals surface area contributed by atoms with E-state index in [-0.39, 0.29) is 0 Å². The van der Waals surface area contributed by atoms with Gasteiger partial charge in [0.05, 0.1) is 5.69 Å². The molecule has 0 N–H and O–H groups in total. The monoisotopic (exact) mass is 718 g/mol. The van der Waals surface area contributed by atoms with Crippen LogP contribution in [0.4, 0.5) is 17.1 Å². The lowest BCUT2D eigenvalue weighted by molar-refractivity contribution is 1.24. The van der Waals surface area contributed by atoms with Crippen molar-refractivity contribution in [3.63, 3.8) is 0 Å². The van der Waals surface area contributed by atoms with E-state index in [0.717, 1.165) is 33.8 Å². The minimum Gasteiger partial charge on any atom is -0.310 e. The van der Waals surface area contributed by atoms with Crippen LogP contribution in [0.25, 0.3) is 56.3 Å². The SMILES string of the molecule is C/C(=C/c1ccc(N(c2ccc(C)cc2C)c2ccc(/C=C/C=C3c4ccccc4-c4ccccc43)c3ccccc23)cc1-c1cccnc1)c1ccccc1. The highest BCUT2D eigenvalue weighted by atomic mass is 15.1. The molecular weight excluding hydrogens is 677 g/mol. The third-order valence-electron chi connectivity index (χ3n) is 10.9. The van der Waals surface area contributed by atoms with Crippen molar-refractivity contribution >= 4 is 51.1 Å². The predicted octanol–water partition coefficient (Wildman–Crippen LogP) is 14.7. The van der Waals surface area contributed by atoms with Gasteiger partial charge < -0.3 is 4.90 Å². The molecule has 268 valence electrons. The minimum absolute atomic E-state index is 1.08. The summed E-state index contributed by atoms with van der Waals surface area (Å²) in [5, 5.41) is 2.39. The van der Waals surface area contributed by atoms with Crippen molar-refractivity contribution in [1.29, 1.82) is 0 Å². The Kier molecular flexibility index (Phi) is 9.31. The summed E-state index contributed by atoms with van der Waals surface area (Å²) in [6.45, 7) is 6.55. The molecule has 7 aromatic carbocycles. The third-order valence-corrected chi connectivity index (χ3v) is 10.9. The van der Waals surface area contributed by atoms with Gasteiger partial charge in [-0.1, -0.05) is 163 Å². The van der Waals surface area contributed by atoms with E-state index >= 15 is 0 Å². The lowest BCUT2D eigenvalue weighted by Crippen LogP contribution is -2.12. The van der Waals surface area contributed by atoms with Crippen molar-refractivity contribution in [2.75, 3.05) is 4.90 Å². The molecule has 0 unspecified atom stereocenters. The van der Waals surface area contributed by atoms with Crippen molar-refractivity contribution in [2.45, 2.75) is 20.8 Å². The number of hydrogen-bond donors (Lipinski definition) is 0. The van der Waals surface area contributed by atoms with Crippen LogP contribution in [0.5, 0.6) is 0 Å². The first-order chi connectivity index (χ1) is 27.5. The van der Waals surface area contributed by atoms with E-state index in [1.165, 1.54) is 66.4 Å². The first-order valence-corrected chi connectivity index (χ1v) is 19.3. The van der Waals surface area contributed by atoms with E-state index in [1.54, 1.807) is 0 Å². The van der Waals surface area contributed by atoms with Gasteiger partial charge in [0.15, 0.2) is 0 Å². The summed E-state index contributed by atoms with van der Waals surface area (Å²) in [7, 11) is 0. The molecule has 0 spiro atoms. The standard InChI is InChI=1S/C54H42N2/c1-37-26-30-53(39(3)33-37)56(44-29-27-42(34-38(2)40-15-5-4-6-16-40)52(35-44)43-18-14-32-55-36-43)54-31-28-41(45-19-7-12-24-51(45)54)17-13-25-50-48-22-10-8-20-46(48)47-21-9-11-23-49(47)50/h4-36H,1-3H3/b17-13+,38-34-. The molecule has 0 saturated carbocycles. The van der Waals surface area contributed by atoms with Crippen molar-refractivity contribution in [2.24, 2.45) is 0 Å². The highest BCUT2D eigenvalue weighted by Crippen LogP contribution is 2.45. The summed E-state index contributed by atoms with van der Waals surface area (Å²) < 4.78 is 0. The Balaban J connectivity index is 1.18. The van der Waals surface area contributed by atoms with Crippen molar-refractivity contribution in [1.82, 2.24) is 4.98 Å². The van der Waals surface area contributed by atoms with Gasteiger partial charge in [0.1, 0.15) is 0 Å². The Labute approximate surface area is 330 Å². The maximum absolute atomic E-state index is 4.53. The number of allylic oxidation sites excluding steroid dienone is 3. The van der Waals surface area contributed by atoms with Crippen LogP contribution in [-0.4, -0.2) is 4.98 Å². The van der Waals surface area contributed by atoms with Gasteiger partial charge in [-0.25, -0.2) is 0 Å². The maximum atomic E-state index is 4.53. The Morgan fingerprint density at radius 3 is 1.93 bits per heavy atom. The summed E-state index contributed by atoms with van der Waals surface area (Å²) in [5.74, 6) is 0. The van der Waals surface area contributed by atoms with Crippen LogP contribution in [0.15, 0.2) is 188 Å². The molecule has 0 atom stereocenters. The van der Waals surface area contributed by atoms with E-state index < -0.39 is 0 Å². The van der Waals surface area contributed by atoms with E-state index in [9.17, 15) is 0 Å². The molecule has 0 saturated heterocycles. The first-order valence-electron chi connectivity index (χ1n) is 19.3. The van der Waals surface area contributed by atoms with E-state index in [2.05, 4.69) is 213 Å². The fourth-order valence-corrected chi connectivity index (χ4v) is 8.19. The van der Waals surface area contributed by atoms with Crippen LogP contribution in [-0.2, 0) is 0 Å². The molecule has 1 aliphatic carbocycles. The van der Waals surface area contributed by atoms with Gasteiger partial charge in [0, 0.05) is 34.7 Å². The number of nitrogens with zero attached hydrogens (tertiary/aromatic N) is 2. The molecule has 9 rings (SSSR count). The summed E-state index contributed by atoms with van der Waals surface area (Å²) in [6.07, 6.45) is 12.8. The number of pyridine rings is 1. The van der Waals surface area contributed by atoms with Gasteiger partial charge in [-0.2, -0.15) is 0 Å². The average Bonchev–Trinajstić information content (AvgIpc) is 3.56. The molecule has 0 amide bonds. The van der Waals surface area contributed by atoms with Gasteiger partial charge in [0.25, 0.3) is 0 Å². The number of rotatable bonds is 8. The summed E-state index contributed by atoms with van der Waals surface area (Å²) in [6, 6.07) is 59.1. The van der Waals surface area contributed by atoms with Crippen LogP contribution in [0.3, 0.4) is 0 Å². The fourth-order valence-electron chi connectivity index (χ4n) is 8.19. The maximum Gasteiger partial charge on any atom is 0.0540 e. The highest BCUT2D eigenvalue weighted by Gasteiger charge is 2.22. The summed E-state index contributed by atoms with van der Waals surface area (Å²) in [4.78, 5) is 6.96. The normalized spacial score (nSPS) is 12.2. The molecule has 56 heavy (non-hydrogen) atoms. The van der Waals surface area contributed by atoms with Crippen molar-refractivity contribution < 1.29 is 0 Å². The Bertz CT molecular complexity index is 2780. The molecule has 1 heterocycles. The van der Waals surface area contributed by atoms with Crippen LogP contribution in [0.2, 0.25) is 0 Å². The first kappa shape index (κ1) is 34.7. The zero-order valence-corrected chi connectivity index (χ0v) is 31.9. The topological polar surface area (TPSA) is 16.1 Å². The number of anilines is 3. The molecule has 1 aliphatic rings. The molecule has 1 aromatic heterocycles. The average molecular weight is 719 g/mol. The van der Waals surface area contributed by atoms with Gasteiger partial charge in [-0.05, 0) is 118 Å². The molecular formula is C54H42N2. The highest BCUT2D eigenvalue weighted by molar-refractivity contribution is 6.05. The number of aryl methyl sites for hydroxylation is 2. The molecule has 0 fully saturated rings. The lowest BCUT2D eigenvalue weighted by Gasteiger charge is -2.29. The largest absolute Gasteiger partial charge is 0.310 e. The van der Waals surface area contributed by atoms with E-state index in [0.29, 0.717) is 0 Å². The predicted molar refractivity (Wildman–Crippen MR) is 239 cm³/mol. The molecule has 0 aliphatic heterocycles. The second kappa shape index (κ2) is 15.0. The van der Waals surface area contributed by atoms with Crippen LogP contribution in [0, 0.1) is 13.8 Å². The van der Waals surface area contributed by atoms with Crippen LogP contribution < -0.4 is 4.90 Å². The van der Waals surface area contributed by atoms with Crippen LogP contribution >= 0.6 is 0 Å². The van der Waals surface area contributed by atoms with Gasteiger partial charge in [-0.15, -0.1) is 0 Å². The summed E-state index contributed by atoms with van der Waals surface area (Å²) in [5.41, 5.74) is 19.2. The zero-order valence-electron chi connectivity index (χ0n) is 31.9. The Hall–Kier alpha value is -7.03. The van der Waals surface area contributed by atoms with Crippen molar-refractivity contribution in [3.8, 4) is 22.3 Å². The van der Waals surface area contributed by atoms with Gasteiger partial charge >= 0.3 is 0 Å². The molecule has 0 radical (unpaired) electrons. The molecule has 0 bridgehead atoms. The minimum atomic E-state index is 1.08. The van der Waals surface area contributed by atoms with Crippen molar-refractivity contribution in [3.05, 3.63) is 227 Å². The smallest absolute Gasteiger partial charge is 0.0540 e. The summed E-state index contributed by atoms with van der Waals surface area (Å²) >= 11 is 0. The lowest BCUT2D eigenvalue weighted by atomic mass is 9.95. The Morgan fingerprint density at radius 1 is 0.554 bits per heavy atom. The second-order valence-corrected chi connectivity index (χ2v) is 14.6. The van der Waals surface area contributed by atoms with Crippen LogP contribution in [0.1, 0.15) is 45.9 Å². The number of benzene rings is 7. The third kappa shape index (κ3) is 6.56. The number of fused-ring (bicyclic) bond motifs is 4. The molecule has 2 nitrogen and oxygen atoms in total. The molecule has 2 heteroatoms. The number of hydrogen-bond acceptors (Lipinski definition) is 2. The molecule has 8 aromatic rings. The number of aromatic nitrogens is 1. The Morgan fingerprint density at radius 2 is 1.21 bits per heavy atom. The fraction of sp³-hybridized carbons (Fsp3) is 0.0556. The van der Waals surface area contributed by atoms with E-state index in [4.69, 9.17) is 0 Å². The van der Waals surface area contributed by atoms with E-state index in [1.807, 2.05) is 18.5 Å². The zero-order chi connectivity index (χ0) is 38.0.